The summed E-state index contributed by atoms with van der Waals surface area (Å²) in [4.78, 5) is 29.1. The zero-order chi connectivity index (χ0) is 18.8. The Bertz CT molecular complexity index is 788. The topological polar surface area (TPSA) is 57.6 Å². The van der Waals surface area contributed by atoms with E-state index in [2.05, 4.69) is 10.2 Å². The molecule has 1 saturated carbocycles. The van der Waals surface area contributed by atoms with Gasteiger partial charge in [-0.3, -0.25) is 14.5 Å². The van der Waals surface area contributed by atoms with Crippen LogP contribution in [0.2, 0.25) is 0 Å². The fraction of sp³-hybridized carbons (Fsp3) is 0.429. The highest BCUT2D eigenvalue weighted by atomic mass is 16.2. The summed E-state index contributed by atoms with van der Waals surface area (Å²) in [7, 11) is 0. The SMILES string of the molecule is CC(C(=O)NC1CC1)N1CCN(C(=O)c2ccc(-n3cccc3)cc2)CC1. The predicted octanol–water partition coefficient (Wildman–Crippen LogP) is 1.90. The fourth-order valence-corrected chi connectivity index (χ4v) is 3.49. The van der Waals surface area contributed by atoms with Crippen LogP contribution in [0.4, 0.5) is 0 Å². The van der Waals surface area contributed by atoms with Crippen LogP contribution < -0.4 is 5.32 Å². The number of aromatic nitrogens is 1. The number of rotatable bonds is 5. The van der Waals surface area contributed by atoms with Crippen molar-refractivity contribution in [3.63, 3.8) is 0 Å². The van der Waals surface area contributed by atoms with Gasteiger partial charge in [0.2, 0.25) is 5.91 Å². The molecule has 1 aliphatic heterocycles. The van der Waals surface area contributed by atoms with Gasteiger partial charge in [-0.2, -0.15) is 0 Å². The van der Waals surface area contributed by atoms with Gasteiger partial charge in [0.15, 0.2) is 0 Å². The van der Waals surface area contributed by atoms with E-state index in [9.17, 15) is 9.59 Å². The first-order chi connectivity index (χ1) is 13.1. The maximum atomic E-state index is 12.8. The Hall–Kier alpha value is -2.60. The Morgan fingerprint density at radius 2 is 1.63 bits per heavy atom. The molecular weight excluding hydrogens is 340 g/mol. The first-order valence-electron chi connectivity index (χ1n) is 9.69. The minimum absolute atomic E-state index is 0.0591. The number of carbonyl (C=O) groups is 2. The van der Waals surface area contributed by atoms with Crippen molar-refractivity contribution in [3.8, 4) is 5.69 Å². The van der Waals surface area contributed by atoms with E-state index >= 15 is 0 Å². The average molecular weight is 366 g/mol. The highest BCUT2D eigenvalue weighted by molar-refractivity contribution is 5.94. The lowest BCUT2D eigenvalue weighted by molar-refractivity contribution is -0.126. The lowest BCUT2D eigenvalue weighted by Crippen LogP contribution is -2.55. The van der Waals surface area contributed by atoms with Crippen LogP contribution in [-0.4, -0.2) is 64.4 Å². The number of piperazine rings is 1. The van der Waals surface area contributed by atoms with Gasteiger partial charge >= 0.3 is 0 Å². The molecule has 0 bridgehead atoms. The molecule has 0 spiro atoms. The molecule has 1 aromatic carbocycles. The number of hydrogen-bond acceptors (Lipinski definition) is 3. The predicted molar refractivity (Wildman–Crippen MR) is 104 cm³/mol. The van der Waals surface area contributed by atoms with Crippen LogP contribution in [-0.2, 0) is 4.79 Å². The summed E-state index contributed by atoms with van der Waals surface area (Å²) < 4.78 is 2.01. The first-order valence-corrected chi connectivity index (χ1v) is 9.69. The van der Waals surface area contributed by atoms with Crippen LogP contribution in [0.25, 0.3) is 5.69 Å². The summed E-state index contributed by atoms with van der Waals surface area (Å²) >= 11 is 0. The molecule has 1 atom stereocenters. The van der Waals surface area contributed by atoms with Crippen LogP contribution >= 0.6 is 0 Å². The molecule has 2 heterocycles. The van der Waals surface area contributed by atoms with E-state index in [-0.39, 0.29) is 17.9 Å². The summed E-state index contributed by atoms with van der Waals surface area (Å²) in [5.41, 5.74) is 1.75. The third-order valence-corrected chi connectivity index (χ3v) is 5.47. The molecular formula is C21H26N4O2. The summed E-state index contributed by atoms with van der Waals surface area (Å²) in [5.74, 6) is 0.168. The molecule has 1 unspecified atom stereocenters. The number of hydrogen-bond donors (Lipinski definition) is 1. The molecule has 2 aliphatic rings. The molecule has 1 N–H and O–H groups in total. The number of nitrogens with zero attached hydrogens (tertiary/aromatic N) is 3. The first kappa shape index (κ1) is 17.8. The molecule has 6 heteroatoms. The van der Waals surface area contributed by atoms with Crippen molar-refractivity contribution >= 4 is 11.8 Å². The van der Waals surface area contributed by atoms with Crippen molar-refractivity contribution in [2.24, 2.45) is 0 Å². The van der Waals surface area contributed by atoms with Crippen LogP contribution in [0, 0.1) is 0 Å². The van der Waals surface area contributed by atoms with E-state index in [1.807, 2.05) is 65.2 Å². The largest absolute Gasteiger partial charge is 0.352 e. The van der Waals surface area contributed by atoms with Crippen molar-refractivity contribution in [1.29, 1.82) is 0 Å². The smallest absolute Gasteiger partial charge is 0.253 e. The highest BCUT2D eigenvalue weighted by Crippen LogP contribution is 2.19. The van der Waals surface area contributed by atoms with E-state index in [4.69, 9.17) is 0 Å². The molecule has 1 aliphatic carbocycles. The maximum Gasteiger partial charge on any atom is 0.253 e. The summed E-state index contributed by atoms with van der Waals surface area (Å²) in [6.07, 6.45) is 6.17. The molecule has 4 rings (SSSR count). The van der Waals surface area contributed by atoms with Gasteiger partial charge in [-0.15, -0.1) is 0 Å². The standard InChI is InChI=1S/C21H26N4O2/c1-16(20(26)22-18-6-7-18)23-12-14-25(15-13-23)21(27)17-4-8-19(9-5-17)24-10-2-3-11-24/h2-5,8-11,16,18H,6-7,12-15H2,1H3,(H,22,26). The van der Waals surface area contributed by atoms with Crippen LogP contribution in [0.1, 0.15) is 30.1 Å². The van der Waals surface area contributed by atoms with Crippen molar-refractivity contribution in [2.75, 3.05) is 26.2 Å². The molecule has 0 radical (unpaired) electrons. The molecule has 27 heavy (non-hydrogen) atoms. The summed E-state index contributed by atoms with van der Waals surface area (Å²) in [6.45, 7) is 4.71. The lowest BCUT2D eigenvalue weighted by Gasteiger charge is -2.37. The third-order valence-electron chi connectivity index (χ3n) is 5.47. The highest BCUT2D eigenvalue weighted by Gasteiger charge is 2.31. The van der Waals surface area contributed by atoms with E-state index in [0.717, 1.165) is 31.6 Å². The van der Waals surface area contributed by atoms with Gasteiger partial charge in [-0.05, 0) is 56.2 Å². The van der Waals surface area contributed by atoms with Gasteiger partial charge in [-0.25, -0.2) is 0 Å². The van der Waals surface area contributed by atoms with Gasteiger partial charge in [0.25, 0.3) is 5.91 Å². The quantitative estimate of drug-likeness (QED) is 0.879. The minimum atomic E-state index is -0.135. The van der Waals surface area contributed by atoms with E-state index < -0.39 is 0 Å². The fourth-order valence-electron chi connectivity index (χ4n) is 3.49. The second-order valence-corrected chi connectivity index (χ2v) is 7.42. The van der Waals surface area contributed by atoms with Crippen molar-refractivity contribution < 1.29 is 9.59 Å². The van der Waals surface area contributed by atoms with Crippen molar-refractivity contribution in [2.45, 2.75) is 31.8 Å². The Morgan fingerprint density at radius 1 is 1.00 bits per heavy atom. The molecule has 142 valence electrons. The van der Waals surface area contributed by atoms with Gasteiger partial charge in [-0.1, -0.05) is 0 Å². The number of nitrogens with one attached hydrogen (secondary N) is 1. The van der Waals surface area contributed by atoms with Crippen LogP contribution in [0.15, 0.2) is 48.8 Å². The molecule has 1 aromatic heterocycles. The van der Waals surface area contributed by atoms with E-state index in [0.29, 0.717) is 24.7 Å². The Balaban J connectivity index is 1.32. The van der Waals surface area contributed by atoms with Gasteiger partial charge in [0.1, 0.15) is 0 Å². The number of amides is 2. The molecule has 2 aromatic rings. The monoisotopic (exact) mass is 366 g/mol. The van der Waals surface area contributed by atoms with Gasteiger partial charge in [0, 0.05) is 55.9 Å². The van der Waals surface area contributed by atoms with Crippen molar-refractivity contribution in [1.82, 2.24) is 19.7 Å². The van der Waals surface area contributed by atoms with E-state index in [1.54, 1.807) is 0 Å². The maximum absolute atomic E-state index is 12.8. The Morgan fingerprint density at radius 3 is 2.22 bits per heavy atom. The van der Waals surface area contributed by atoms with Gasteiger partial charge in [0.05, 0.1) is 6.04 Å². The Labute approximate surface area is 159 Å². The molecule has 2 fully saturated rings. The van der Waals surface area contributed by atoms with Crippen LogP contribution in [0.3, 0.4) is 0 Å². The molecule has 6 nitrogen and oxygen atoms in total. The number of benzene rings is 1. The van der Waals surface area contributed by atoms with Gasteiger partial charge < -0.3 is 14.8 Å². The second-order valence-electron chi connectivity index (χ2n) is 7.42. The van der Waals surface area contributed by atoms with Crippen molar-refractivity contribution in [3.05, 3.63) is 54.4 Å². The summed E-state index contributed by atoms with van der Waals surface area (Å²) in [6, 6.07) is 11.9. The lowest BCUT2D eigenvalue weighted by atomic mass is 10.1. The minimum Gasteiger partial charge on any atom is -0.352 e. The summed E-state index contributed by atoms with van der Waals surface area (Å²) in [5, 5.41) is 3.06. The number of carbonyl (C=O) groups excluding carboxylic acids is 2. The van der Waals surface area contributed by atoms with Crippen LogP contribution in [0.5, 0.6) is 0 Å². The zero-order valence-corrected chi connectivity index (χ0v) is 15.7. The second kappa shape index (κ2) is 7.56. The average Bonchev–Trinajstić information content (AvgIpc) is 3.35. The molecule has 1 saturated heterocycles. The zero-order valence-electron chi connectivity index (χ0n) is 15.7. The normalized spacial score (nSPS) is 18.9. The Kier molecular flexibility index (Phi) is 4.99. The van der Waals surface area contributed by atoms with E-state index in [1.165, 1.54) is 0 Å². The molecule has 2 amide bonds. The third kappa shape index (κ3) is 4.06.